The van der Waals surface area contributed by atoms with Crippen LogP contribution < -0.4 is 0 Å². The largest absolute Gasteiger partial charge is 0.467 e. The Balaban J connectivity index is 2.44. The summed E-state index contributed by atoms with van der Waals surface area (Å²) < 4.78 is 10.1. The summed E-state index contributed by atoms with van der Waals surface area (Å²) in [6, 6.07) is -0.401. The molecule has 1 heterocycles. The fourth-order valence-electron chi connectivity index (χ4n) is 2.16. The van der Waals surface area contributed by atoms with Gasteiger partial charge in [-0.2, -0.15) is 0 Å². The van der Waals surface area contributed by atoms with Gasteiger partial charge in [-0.05, 0) is 25.7 Å². The molecule has 1 aliphatic rings. The fraction of sp³-hybridized carbons (Fsp3) is 0.846. The van der Waals surface area contributed by atoms with E-state index < -0.39 is 6.04 Å². The third kappa shape index (κ3) is 4.29. The van der Waals surface area contributed by atoms with Gasteiger partial charge in [0.25, 0.3) is 0 Å². The van der Waals surface area contributed by atoms with Crippen LogP contribution in [-0.4, -0.2) is 49.7 Å². The maximum Gasteiger partial charge on any atom is 0.328 e. The molecule has 0 N–H and O–H groups in total. The Kier molecular flexibility index (Phi) is 6.72. The molecule has 0 aliphatic carbocycles. The smallest absolute Gasteiger partial charge is 0.328 e. The molecule has 0 aromatic rings. The molecular weight excluding hydrogens is 234 g/mol. The van der Waals surface area contributed by atoms with E-state index in [2.05, 4.69) is 0 Å². The number of likely N-dealkylation sites (tertiary alicyclic amines) is 1. The van der Waals surface area contributed by atoms with Crippen LogP contribution in [0.15, 0.2) is 0 Å². The number of rotatable bonds is 6. The summed E-state index contributed by atoms with van der Waals surface area (Å²) in [7, 11) is 1.37. The van der Waals surface area contributed by atoms with E-state index in [1.54, 1.807) is 4.90 Å². The first-order valence-electron chi connectivity index (χ1n) is 6.65. The summed E-state index contributed by atoms with van der Waals surface area (Å²) in [5, 5.41) is 0. The lowest BCUT2D eigenvalue weighted by atomic mass is 10.0. The van der Waals surface area contributed by atoms with E-state index >= 15 is 0 Å². The maximum absolute atomic E-state index is 12.0. The predicted octanol–water partition coefficient (Wildman–Crippen LogP) is 1.36. The molecule has 104 valence electrons. The van der Waals surface area contributed by atoms with Crippen molar-refractivity contribution in [2.24, 2.45) is 0 Å². The average Bonchev–Trinajstić information content (AvgIpc) is 2.42. The molecule has 1 amide bonds. The lowest BCUT2D eigenvalue weighted by Crippen LogP contribution is -2.48. The quantitative estimate of drug-likeness (QED) is 0.532. The topological polar surface area (TPSA) is 55.8 Å². The maximum atomic E-state index is 12.0. The highest BCUT2D eigenvalue weighted by atomic mass is 16.5. The average molecular weight is 257 g/mol. The van der Waals surface area contributed by atoms with Crippen LogP contribution in [0.1, 0.15) is 39.0 Å². The molecule has 1 saturated heterocycles. The molecule has 0 spiro atoms. The zero-order chi connectivity index (χ0) is 13.4. The van der Waals surface area contributed by atoms with Gasteiger partial charge in [-0.1, -0.05) is 6.92 Å². The number of carbonyl (C=O) groups excluding carboxylic acids is 2. The van der Waals surface area contributed by atoms with Crippen molar-refractivity contribution in [3.05, 3.63) is 0 Å². The van der Waals surface area contributed by atoms with E-state index in [-0.39, 0.29) is 11.9 Å². The van der Waals surface area contributed by atoms with Crippen LogP contribution in [0.5, 0.6) is 0 Å². The number of carbonyl (C=O) groups is 2. The molecule has 5 heteroatoms. The van der Waals surface area contributed by atoms with Gasteiger partial charge < -0.3 is 14.4 Å². The third-order valence-electron chi connectivity index (χ3n) is 3.11. The van der Waals surface area contributed by atoms with Crippen molar-refractivity contribution >= 4 is 11.9 Å². The Morgan fingerprint density at radius 1 is 1.28 bits per heavy atom. The molecule has 1 atom stereocenters. The van der Waals surface area contributed by atoms with Crippen molar-refractivity contribution in [2.75, 3.05) is 26.9 Å². The van der Waals surface area contributed by atoms with E-state index in [0.717, 1.165) is 19.3 Å². The monoisotopic (exact) mass is 257 g/mol. The van der Waals surface area contributed by atoms with E-state index in [9.17, 15) is 9.59 Å². The second kappa shape index (κ2) is 8.08. The van der Waals surface area contributed by atoms with Crippen LogP contribution >= 0.6 is 0 Å². The Morgan fingerprint density at radius 2 is 2.06 bits per heavy atom. The summed E-state index contributed by atoms with van der Waals surface area (Å²) in [6.45, 7) is 3.77. The Morgan fingerprint density at radius 3 is 2.72 bits per heavy atom. The first kappa shape index (κ1) is 15.0. The molecule has 0 saturated carbocycles. The van der Waals surface area contributed by atoms with Gasteiger partial charge >= 0.3 is 5.97 Å². The van der Waals surface area contributed by atoms with Crippen molar-refractivity contribution in [1.29, 1.82) is 0 Å². The van der Waals surface area contributed by atoms with Crippen molar-refractivity contribution in [2.45, 2.75) is 45.1 Å². The molecule has 5 nitrogen and oxygen atoms in total. The molecule has 18 heavy (non-hydrogen) atoms. The number of amides is 1. The highest BCUT2D eigenvalue weighted by molar-refractivity contribution is 5.84. The van der Waals surface area contributed by atoms with Gasteiger partial charge in [-0.15, -0.1) is 0 Å². The van der Waals surface area contributed by atoms with Crippen molar-refractivity contribution < 1.29 is 19.1 Å². The van der Waals surface area contributed by atoms with Crippen molar-refractivity contribution in [3.63, 3.8) is 0 Å². The van der Waals surface area contributed by atoms with Crippen molar-refractivity contribution in [1.82, 2.24) is 4.90 Å². The highest BCUT2D eigenvalue weighted by Crippen LogP contribution is 2.19. The number of ether oxygens (including phenoxy) is 2. The Hall–Kier alpha value is -1.10. The Labute approximate surface area is 108 Å². The SMILES string of the molecule is CCCOCCC(=O)N1CCCC[C@@H]1C(=O)OC. The van der Waals surface area contributed by atoms with Crippen molar-refractivity contribution in [3.8, 4) is 0 Å². The minimum atomic E-state index is -0.401. The van der Waals surface area contributed by atoms with Crippen LogP contribution in [0.25, 0.3) is 0 Å². The number of hydrogen-bond donors (Lipinski definition) is 0. The summed E-state index contributed by atoms with van der Waals surface area (Å²) in [5.41, 5.74) is 0. The number of methoxy groups -OCH3 is 1. The lowest BCUT2D eigenvalue weighted by molar-refractivity contribution is -0.155. The molecule has 1 fully saturated rings. The van der Waals surface area contributed by atoms with Gasteiger partial charge in [0.05, 0.1) is 20.1 Å². The zero-order valence-electron chi connectivity index (χ0n) is 11.3. The molecule has 0 aromatic carbocycles. The standard InChI is InChI=1S/C13H23NO4/c1-3-9-18-10-7-12(15)14-8-5-4-6-11(14)13(16)17-2/h11H,3-10H2,1-2H3/t11-/m1/s1. The highest BCUT2D eigenvalue weighted by Gasteiger charge is 2.32. The fourth-order valence-corrected chi connectivity index (χ4v) is 2.16. The van der Waals surface area contributed by atoms with Gasteiger partial charge in [0.15, 0.2) is 0 Å². The molecular formula is C13H23NO4. The molecule has 1 rings (SSSR count). The second-order valence-corrected chi connectivity index (χ2v) is 4.48. The van der Waals surface area contributed by atoms with E-state index in [0.29, 0.717) is 32.6 Å². The third-order valence-corrected chi connectivity index (χ3v) is 3.11. The summed E-state index contributed by atoms with van der Waals surface area (Å²) in [5.74, 6) is -0.321. The van der Waals surface area contributed by atoms with Gasteiger partial charge in [0, 0.05) is 13.2 Å². The van der Waals surface area contributed by atoms with Gasteiger partial charge in [0.1, 0.15) is 6.04 Å². The molecule has 0 aromatic heterocycles. The summed E-state index contributed by atoms with van der Waals surface area (Å²) in [6.07, 6.45) is 3.91. The number of piperidine rings is 1. The van der Waals surface area contributed by atoms with E-state index in [1.807, 2.05) is 6.92 Å². The summed E-state index contributed by atoms with van der Waals surface area (Å²) >= 11 is 0. The molecule has 0 bridgehead atoms. The van der Waals surface area contributed by atoms with Crippen LogP contribution in [0, 0.1) is 0 Å². The predicted molar refractivity (Wildman–Crippen MR) is 67.1 cm³/mol. The lowest BCUT2D eigenvalue weighted by Gasteiger charge is -2.33. The Bertz CT molecular complexity index is 280. The first-order chi connectivity index (χ1) is 8.70. The normalized spacial score (nSPS) is 19.7. The van der Waals surface area contributed by atoms with E-state index in [1.165, 1.54) is 7.11 Å². The second-order valence-electron chi connectivity index (χ2n) is 4.48. The van der Waals surface area contributed by atoms with Crippen LogP contribution in [-0.2, 0) is 19.1 Å². The van der Waals surface area contributed by atoms with Crippen LogP contribution in [0.2, 0.25) is 0 Å². The number of hydrogen-bond acceptors (Lipinski definition) is 4. The molecule has 0 unspecified atom stereocenters. The first-order valence-corrected chi connectivity index (χ1v) is 6.65. The number of esters is 1. The van der Waals surface area contributed by atoms with Crippen LogP contribution in [0.3, 0.4) is 0 Å². The van der Waals surface area contributed by atoms with Gasteiger partial charge in [-0.3, -0.25) is 4.79 Å². The minimum absolute atomic E-state index is 0.0128. The molecule has 1 aliphatic heterocycles. The van der Waals surface area contributed by atoms with Crippen LogP contribution in [0.4, 0.5) is 0 Å². The summed E-state index contributed by atoms with van der Waals surface area (Å²) in [4.78, 5) is 25.3. The number of nitrogens with zero attached hydrogens (tertiary/aromatic N) is 1. The van der Waals surface area contributed by atoms with Gasteiger partial charge in [-0.25, -0.2) is 4.79 Å². The van der Waals surface area contributed by atoms with E-state index in [4.69, 9.17) is 9.47 Å². The van der Waals surface area contributed by atoms with Gasteiger partial charge in [0.2, 0.25) is 5.91 Å². The molecule has 0 radical (unpaired) electrons. The minimum Gasteiger partial charge on any atom is -0.467 e. The zero-order valence-corrected chi connectivity index (χ0v) is 11.3.